The Labute approximate surface area is 109 Å². The smallest absolute Gasteiger partial charge is 0.164 e. The number of aryl methyl sites for hydroxylation is 1. The molecular weight excluding hydrogens is 264 g/mol. The topological polar surface area (TPSA) is 26.0 Å². The minimum Gasteiger partial charge on any atom is -0.320 e. The standard InChI is InChI=1S/C12H11F2NS.ClH/c1-7-2-3-9(11(14)10(7)13)12(15)8-4-5-16-6-8;/h2-6,12H,15H2,1H3;1H/t12-;/m0./s1. The van der Waals surface area contributed by atoms with Crippen molar-refractivity contribution in [1.29, 1.82) is 0 Å². The Morgan fingerprint density at radius 1 is 1.18 bits per heavy atom. The molecule has 0 aliphatic rings. The molecule has 1 heterocycles. The van der Waals surface area contributed by atoms with Crippen LogP contribution in [0, 0.1) is 18.6 Å². The normalized spacial score (nSPS) is 12.0. The summed E-state index contributed by atoms with van der Waals surface area (Å²) in [6.07, 6.45) is 0. The van der Waals surface area contributed by atoms with Gasteiger partial charge >= 0.3 is 0 Å². The predicted octanol–water partition coefficient (Wildman–Crippen LogP) is 3.80. The first-order valence-electron chi connectivity index (χ1n) is 4.83. The number of hydrogen-bond acceptors (Lipinski definition) is 2. The van der Waals surface area contributed by atoms with Crippen LogP contribution in [0.4, 0.5) is 8.78 Å². The van der Waals surface area contributed by atoms with Crippen molar-refractivity contribution in [3.8, 4) is 0 Å². The quantitative estimate of drug-likeness (QED) is 0.886. The van der Waals surface area contributed by atoms with Crippen LogP contribution in [-0.2, 0) is 0 Å². The van der Waals surface area contributed by atoms with Crippen LogP contribution >= 0.6 is 23.7 Å². The summed E-state index contributed by atoms with van der Waals surface area (Å²) in [6.45, 7) is 1.53. The van der Waals surface area contributed by atoms with Gasteiger partial charge in [-0.3, -0.25) is 0 Å². The lowest BCUT2D eigenvalue weighted by atomic mass is 10.00. The first-order valence-corrected chi connectivity index (χ1v) is 5.77. The van der Waals surface area contributed by atoms with Gasteiger partial charge in [-0.25, -0.2) is 8.78 Å². The molecule has 0 radical (unpaired) electrons. The van der Waals surface area contributed by atoms with Gasteiger partial charge < -0.3 is 5.73 Å². The molecule has 1 atom stereocenters. The van der Waals surface area contributed by atoms with Crippen LogP contribution in [0.2, 0.25) is 0 Å². The molecule has 2 N–H and O–H groups in total. The summed E-state index contributed by atoms with van der Waals surface area (Å²) in [5, 5.41) is 3.69. The van der Waals surface area contributed by atoms with Gasteiger partial charge in [-0.2, -0.15) is 11.3 Å². The Kier molecular flexibility index (Phi) is 4.62. The minimum atomic E-state index is -0.848. The third-order valence-corrected chi connectivity index (χ3v) is 3.24. The first-order chi connectivity index (χ1) is 7.61. The van der Waals surface area contributed by atoms with Gasteiger partial charge in [0.15, 0.2) is 11.6 Å². The fraction of sp³-hybridized carbons (Fsp3) is 0.167. The van der Waals surface area contributed by atoms with Gasteiger partial charge in [-0.15, -0.1) is 12.4 Å². The van der Waals surface area contributed by atoms with E-state index in [0.717, 1.165) is 5.56 Å². The average Bonchev–Trinajstić information content (AvgIpc) is 2.79. The number of hydrogen-bond donors (Lipinski definition) is 1. The highest BCUT2D eigenvalue weighted by molar-refractivity contribution is 7.08. The molecule has 0 saturated heterocycles. The molecule has 2 rings (SSSR count). The Hall–Kier alpha value is -0.970. The molecule has 0 amide bonds. The molecule has 5 heteroatoms. The summed E-state index contributed by atoms with van der Waals surface area (Å²) in [5.74, 6) is -1.66. The maximum atomic E-state index is 13.7. The van der Waals surface area contributed by atoms with Gasteiger partial charge in [-0.05, 0) is 34.9 Å². The lowest BCUT2D eigenvalue weighted by molar-refractivity contribution is 0.489. The number of nitrogens with two attached hydrogens (primary N) is 1. The fourth-order valence-corrected chi connectivity index (χ4v) is 2.23. The zero-order valence-electron chi connectivity index (χ0n) is 9.11. The average molecular weight is 276 g/mol. The molecule has 0 saturated carbocycles. The molecule has 0 unspecified atom stereocenters. The third-order valence-electron chi connectivity index (χ3n) is 2.54. The zero-order chi connectivity index (χ0) is 11.7. The fourth-order valence-electron chi connectivity index (χ4n) is 1.53. The van der Waals surface area contributed by atoms with Gasteiger partial charge in [0.25, 0.3) is 0 Å². The second kappa shape index (κ2) is 5.58. The van der Waals surface area contributed by atoms with Crippen LogP contribution in [0.3, 0.4) is 0 Å². The molecule has 0 aliphatic heterocycles. The van der Waals surface area contributed by atoms with Crippen molar-refractivity contribution >= 4 is 23.7 Å². The molecule has 0 fully saturated rings. The molecule has 17 heavy (non-hydrogen) atoms. The summed E-state index contributed by atoms with van der Waals surface area (Å²) in [6, 6.07) is 4.28. The van der Waals surface area contributed by atoms with Gasteiger partial charge in [0.1, 0.15) is 0 Å². The highest BCUT2D eigenvalue weighted by Crippen LogP contribution is 2.26. The summed E-state index contributed by atoms with van der Waals surface area (Å²) >= 11 is 1.48. The highest BCUT2D eigenvalue weighted by Gasteiger charge is 2.17. The van der Waals surface area contributed by atoms with E-state index in [0.29, 0.717) is 5.56 Å². The number of rotatable bonds is 2. The molecule has 1 nitrogen and oxygen atoms in total. The summed E-state index contributed by atoms with van der Waals surface area (Å²) in [5.41, 5.74) is 7.17. The van der Waals surface area contributed by atoms with E-state index in [4.69, 9.17) is 5.73 Å². The maximum Gasteiger partial charge on any atom is 0.164 e. The van der Waals surface area contributed by atoms with Crippen LogP contribution in [-0.4, -0.2) is 0 Å². The Bertz CT molecular complexity index is 499. The van der Waals surface area contributed by atoms with Crippen LogP contribution < -0.4 is 5.73 Å². The summed E-state index contributed by atoms with van der Waals surface area (Å²) in [4.78, 5) is 0. The van der Waals surface area contributed by atoms with E-state index in [1.54, 1.807) is 6.07 Å². The van der Waals surface area contributed by atoms with Crippen LogP contribution in [0.1, 0.15) is 22.7 Å². The van der Waals surface area contributed by atoms with Crippen LogP contribution in [0.15, 0.2) is 29.0 Å². The zero-order valence-corrected chi connectivity index (χ0v) is 10.7. The third kappa shape index (κ3) is 2.65. The Morgan fingerprint density at radius 3 is 2.47 bits per heavy atom. The number of benzene rings is 1. The van der Waals surface area contributed by atoms with Crippen molar-refractivity contribution in [1.82, 2.24) is 0 Å². The molecular formula is C12H12ClF2NS. The van der Waals surface area contributed by atoms with E-state index >= 15 is 0 Å². The molecule has 0 aliphatic carbocycles. The van der Waals surface area contributed by atoms with E-state index in [2.05, 4.69) is 0 Å². The van der Waals surface area contributed by atoms with E-state index in [1.165, 1.54) is 24.3 Å². The van der Waals surface area contributed by atoms with Gasteiger partial charge in [0, 0.05) is 5.56 Å². The van der Waals surface area contributed by atoms with Crippen molar-refractivity contribution in [3.05, 3.63) is 57.3 Å². The van der Waals surface area contributed by atoms with E-state index < -0.39 is 17.7 Å². The van der Waals surface area contributed by atoms with Crippen molar-refractivity contribution in [2.75, 3.05) is 0 Å². The summed E-state index contributed by atoms with van der Waals surface area (Å²) < 4.78 is 27.0. The lowest BCUT2D eigenvalue weighted by Crippen LogP contribution is -2.14. The lowest BCUT2D eigenvalue weighted by Gasteiger charge is -2.12. The van der Waals surface area contributed by atoms with E-state index in [-0.39, 0.29) is 18.0 Å². The van der Waals surface area contributed by atoms with Gasteiger partial charge in [0.05, 0.1) is 6.04 Å². The number of thiophene rings is 1. The van der Waals surface area contributed by atoms with Crippen molar-refractivity contribution in [2.45, 2.75) is 13.0 Å². The van der Waals surface area contributed by atoms with Crippen molar-refractivity contribution in [3.63, 3.8) is 0 Å². The number of halogens is 3. The largest absolute Gasteiger partial charge is 0.320 e. The van der Waals surface area contributed by atoms with E-state index in [9.17, 15) is 8.78 Å². The highest BCUT2D eigenvalue weighted by atomic mass is 35.5. The van der Waals surface area contributed by atoms with E-state index in [1.807, 2.05) is 16.8 Å². The summed E-state index contributed by atoms with van der Waals surface area (Å²) in [7, 11) is 0. The SMILES string of the molecule is Cc1ccc([C@@H](N)c2ccsc2)c(F)c1F.Cl. The van der Waals surface area contributed by atoms with Gasteiger partial charge in [0.2, 0.25) is 0 Å². The molecule has 0 bridgehead atoms. The first kappa shape index (κ1) is 14.1. The van der Waals surface area contributed by atoms with Gasteiger partial charge in [-0.1, -0.05) is 12.1 Å². The van der Waals surface area contributed by atoms with Crippen molar-refractivity contribution < 1.29 is 8.78 Å². The second-order valence-corrected chi connectivity index (χ2v) is 4.41. The maximum absolute atomic E-state index is 13.7. The predicted molar refractivity (Wildman–Crippen MR) is 68.7 cm³/mol. The van der Waals surface area contributed by atoms with Crippen LogP contribution in [0.25, 0.3) is 0 Å². The second-order valence-electron chi connectivity index (χ2n) is 3.63. The molecule has 92 valence electrons. The molecule has 2 aromatic rings. The molecule has 1 aromatic heterocycles. The minimum absolute atomic E-state index is 0. The van der Waals surface area contributed by atoms with Crippen molar-refractivity contribution in [2.24, 2.45) is 5.73 Å². The Balaban J connectivity index is 0.00000144. The van der Waals surface area contributed by atoms with Crippen LogP contribution in [0.5, 0.6) is 0 Å². The molecule has 0 spiro atoms. The molecule has 1 aromatic carbocycles. The monoisotopic (exact) mass is 275 g/mol. The Morgan fingerprint density at radius 2 is 1.88 bits per heavy atom.